The van der Waals surface area contributed by atoms with Crippen LogP contribution in [-0.4, -0.2) is 11.7 Å². The van der Waals surface area contributed by atoms with Crippen molar-refractivity contribution in [3.63, 3.8) is 0 Å². The first-order valence-electron chi connectivity index (χ1n) is 7.00. The molecule has 3 heteroatoms. The van der Waals surface area contributed by atoms with Gasteiger partial charge in [-0.2, -0.15) is 0 Å². The van der Waals surface area contributed by atoms with E-state index in [0.29, 0.717) is 0 Å². The second-order valence-electron chi connectivity index (χ2n) is 4.87. The second-order valence-corrected chi connectivity index (χ2v) is 4.87. The predicted molar refractivity (Wildman–Crippen MR) is 78.4 cm³/mol. The van der Waals surface area contributed by atoms with Crippen molar-refractivity contribution in [2.75, 3.05) is 5.32 Å². The fourth-order valence-corrected chi connectivity index (χ4v) is 2.13. The monoisotopic (exact) mass is 261 g/mol. The SMILES string of the molecule is CCCCC(CC)C(=O)c1ccc(NC(C)=O)cc1. The van der Waals surface area contributed by atoms with Gasteiger partial charge in [0.15, 0.2) is 5.78 Å². The number of amides is 1. The summed E-state index contributed by atoms with van der Waals surface area (Å²) < 4.78 is 0. The highest BCUT2D eigenvalue weighted by atomic mass is 16.1. The Kier molecular flexibility index (Phi) is 6.26. The highest BCUT2D eigenvalue weighted by molar-refractivity contribution is 5.98. The molecule has 0 spiro atoms. The topological polar surface area (TPSA) is 46.2 Å². The van der Waals surface area contributed by atoms with Gasteiger partial charge < -0.3 is 5.32 Å². The maximum Gasteiger partial charge on any atom is 0.221 e. The van der Waals surface area contributed by atoms with Crippen LogP contribution < -0.4 is 5.32 Å². The molecule has 0 bridgehead atoms. The summed E-state index contributed by atoms with van der Waals surface area (Å²) in [5, 5.41) is 2.70. The van der Waals surface area contributed by atoms with E-state index in [1.165, 1.54) is 6.92 Å². The molecule has 0 fully saturated rings. The van der Waals surface area contributed by atoms with Gasteiger partial charge in [0.2, 0.25) is 5.91 Å². The maximum atomic E-state index is 12.3. The van der Waals surface area contributed by atoms with Crippen LogP contribution in [0.25, 0.3) is 0 Å². The van der Waals surface area contributed by atoms with E-state index in [1.807, 2.05) is 0 Å². The second kappa shape index (κ2) is 7.72. The lowest BCUT2D eigenvalue weighted by Gasteiger charge is -2.13. The average Bonchev–Trinajstić information content (AvgIpc) is 2.39. The summed E-state index contributed by atoms with van der Waals surface area (Å²) in [4.78, 5) is 23.3. The molecular weight excluding hydrogens is 238 g/mol. The van der Waals surface area contributed by atoms with Gasteiger partial charge in [-0.3, -0.25) is 9.59 Å². The summed E-state index contributed by atoms with van der Waals surface area (Å²) >= 11 is 0. The molecule has 1 rings (SSSR count). The number of rotatable bonds is 7. The first-order chi connectivity index (χ1) is 9.08. The number of benzene rings is 1. The third-order valence-corrected chi connectivity index (χ3v) is 3.26. The Labute approximate surface area is 115 Å². The number of Topliss-reactive ketones (excluding diaryl/α,β-unsaturated/α-hetero) is 1. The quantitative estimate of drug-likeness (QED) is 0.753. The molecule has 0 radical (unpaired) electrons. The van der Waals surface area contributed by atoms with Gasteiger partial charge >= 0.3 is 0 Å². The maximum absolute atomic E-state index is 12.3. The van der Waals surface area contributed by atoms with Crippen molar-refractivity contribution in [3.8, 4) is 0 Å². The molecule has 1 aromatic rings. The summed E-state index contributed by atoms with van der Waals surface area (Å²) in [5.41, 5.74) is 1.46. The van der Waals surface area contributed by atoms with Crippen molar-refractivity contribution >= 4 is 17.4 Å². The lowest BCUT2D eigenvalue weighted by molar-refractivity contribution is -0.114. The smallest absolute Gasteiger partial charge is 0.221 e. The van der Waals surface area contributed by atoms with Gasteiger partial charge in [0.1, 0.15) is 0 Å². The van der Waals surface area contributed by atoms with Gasteiger partial charge in [-0.1, -0.05) is 26.7 Å². The van der Waals surface area contributed by atoms with Crippen molar-refractivity contribution in [2.45, 2.75) is 46.5 Å². The Morgan fingerprint density at radius 2 is 1.79 bits per heavy atom. The van der Waals surface area contributed by atoms with Gasteiger partial charge in [-0.15, -0.1) is 0 Å². The van der Waals surface area contributed by atoms with E-state index in [9.17, 15) is 9.59 Å². The third-order valence-electron chi connectivity index (χ3n) is 3.26. The molecule has 0 saturated heterocycles. The van der Waals surface area contributed by atoms with Crippen molar-refractivity contribution < 1.29 is 9.59 Å². The molecule has 19 heavy (non-hydrogen) atoms. The van der Waals surface area contributed by atoms with Crippen LogP contribution in [-0.2, 0) is 4.79 Å². The molecule has 104 valence electrons. The number of carbonyl (C=O) groups is 2. The Balaban J connectivity index is 2.73. The minimum Gasteiger partial charge on any atom is -0.326 e. The molecule has 0 heterocycles. The highest BCUT2D eigenvalue weighted by Crippen LogP contribution is 2.20. The number of unbranched alkanes of at least 4 members (excludes halogenated alkanes) is 1. The van der Waals surface area contributed by atoms with Crippen molar-refractivity contribution in [2.24, 2.45) is 5.92 Å². The van der Waals surface area contributed by atoms with Crippen molar-refractivity contribution in [1.82, 2.24) is 0 Å². The van der Waals surface area contributed by atoms with E-state index in [2.05, 4.69) is 19.2 Å². The van der Waals surface area contributed by atoms with E-state index in [-0.39, 0.29) is 17.6 Å². The molecule has 3 nitrogen and oxygen atoms in total. The van der Waals surface area contributed by atoms with Crippen LogP contribution in [0.5, 0.6) is 0 Å². The van der Waals surface area contributed by atoms with E-state index < -0.39 is 0 Å². The fourth-order valence-electron chi connectivity index (χ4n) is 2.13. The Morgan fingerprint density at radius 3 is 2.26 bits per heavy atom. The predicted octanol–water partition coefficient (Wildman–Crippen LogP) is 4.04. The molecule has 1 aromatic carbocycles. The summed E-state index contributed by atoms with van der Waals surface area (Å²) in [6.07, 6.45) is 4.05. The van der Waals surface area contributed by atoms with Crippen LogP contribution in [0.4, 0.5) is 5.69 Å². The van der Waals surface area contributed by atoms with Gasteiger partial charge in [-0.25, -0.2) is 0 Å². The zero-order valence-corrected chi connectivity index (χ0v) is 12.0. The van der Waals surface area contributed by atoms with E-state index in [1.54, 1.807) is 24.3 Å². The fraction of sp³-hybridized carbons (Fsp3) is 0.500. The van der Waals surface area contributed by atoms with Gasteiger partial charge in [-0.05, 0) is 37.1 Å². The van der Waals surface area contributed by atoms with Crippen LogP contribution in [0.2, 0.25) is 0 Å². The number of hydrogen-bond acceptors (Lipinski definition) is 2. The number of nitrogens with one attached hydrogen (secondary N) is 1. The Morgan fingerprint density at radius 1 is 1.16 bits per heavy atom. The summed E-state index contributed by atoms with van der Waals surface area (Å²) in [6, 6.07) is 7.15. The van der Waals surface area contributed by atoms with Crippen LogP contribution in [0.3, 0.4) is 0 Å². The number of hydrogen-bond donors (Lipinski definition) is 1. The molecule has 0 aromatic heterocycles. The Hall–Kier alpha value is -1.64. The molecule has 0 aliphatic carbocycles. The van der Waals surface area contributed by atoms with Crippen LogP contribution in [0.15, 0.2) is 24.3 Å². The molecule has 0 aliphatic heterocycles. The highest BCUT2D eigenvalue weighted by Gasteiger charge is 2.17. The van der Waals surface area contributed by atoms with Crippen LogP contribution >= 0.6 is 0 Å². The van der Waals surface area contributed by atoms with Gasteiger partial charge in [0.05, 0.1) is 0 Å². The largest absolute Gasteiger partial charge is 0.326 e. The molecule has 1 N–H and O–H groups in total. The minimum atomic E-state index is -0.103. The zero-order chi connectivity index (χ0) is 14.3. The third kappa shape index (κ3) is 4.86. The molecule has 0 saturated carbocycles. The summed E-state index contributed by atoms with van der Waals surface area (Å²) in [5.74, 6) is 0.227. The lowest BCUT2D eigenvalue weighted by atomic mass is 9.90. The first-order valence-corrected chi connectivity index (χ1v) is 7.00. The molecular formula is C16H23NO2. The van der Waals surface area contributed by atoms with E-state index in [0.717, 1.165) is 36.9 Å². The molecule has 1 atom stereocenters. The normalized spacial score (nSPS) is 11.9. The zero-order valence-electron chi connectivity index (χ0n) is 12.0. The lowest BCUT2D eigenvalue weighted by Crippen LogP contribution is -2.14. The first kappa shape index (κ1) is 15.4. The molecule has 1 amide bonds. The standard InChI is InChI=1S/C16H23NO2/c1-4-6-7-13(5-2)16(19)14-8-10-15(11-9-14)17-12(3)18/h8-11,13H,4-7H2,1-3H3,(H,17,18). The molecule has 0 aliphatic rings. The average molecular weight is 261 g/mol. The van der Waals surface area contributed by atoms with Gasteiger partial charge in [0.25, 0.3) is 0 Å². The minimum absolute atomic E-state index is 0.103. The van der Waals surface area contributed by atoms with Crippen molar-refractivity contribution in [1.29, 1.82) is 0 Å². The van der Waals surface area contributed by atoms with Gasteiger partial charge in [0, 0.05) is 24.1 Å². The van der Waals surface area contributed by atoms with Crippen LogP contribution in [0, 0.1) is 5.92 Å². The van der Waals surface area contributed by atoms with Crippen molar-refractivity contribution in [3.05, 3.63) is 29.8 Å². The summed E-state index contributed by atoms with van der Waals surface area (Å²) in [6.45, 7) is 5.67. The number of anilines is 1. The Bertz CT molecular complexity index is 423. The van der Waals surface area contributed by atoms with E-state index in [4.69, 9.17) is 0 Å². The number of ketones is 1. The molecule has 1 unspecified atom stereocenters. The van der Waals surface area contributed by atoms with E-state index >= 15 is 0 Å². The number of carbonyl (C=O) groups excluding carboxylic acids is 2. The van der Waals surface area contributed by atoms with Crippen LogP contribution in [0.1, 0.15) is 56.8 Å². The summed E-state index contributed by atoms with van der Waals surface area (Å²) in [7, 11) is 0.